The first-order chi connectivity index (χ1) is 12.5. The zero-order valence-corrected chi connectivity index (χ0v) is 14.5. The minimum absolute atomic E-state index is 0.137. The molecule has 0 saturated carbocycles. The van der Waals surface area contributed by atoms with Crippen molar-refractivity contribution in [2.45, 2.75) is 6.92 Å². The molecule has 3 heterocycles. The summed E-state index contributed by atoms with van der Waals surface area (Å²) in [6.45, 7) is 1.62. The largest absolute Gasteiger partial charge is 0.477 e. The quantitative estimate of drug-likeness (QED) is 0.578. The van der Waals surface area contributed by atoms with Gasteiger partial charge in [-0.2, -0.15) is 0 Å². The summed E-state index contributed by atoms with van der Waals surface area (Å²) in [5, 5.41) is 10.6. The molecular formula is C19H13N3O3S. The Morgan fingerprint density at radius 2 is 2.08 bits per heavy atom. The zero-order valence-electron chi connectivity index (χ0n) is 13.7. The molecule has 4 rings (SSSR count). The highest BCUT2D eigenvalue weighted by Gasteiger charge is 2.18. The van der Waals surface area contributed by atoms with Crippen molar-refractivity contribution in [2.75, 3.05) is 0 Å². The molecular weight excluding hydrogens is 350 g/mol. The monoisotopic (exact) mass is 363 g/mol. The molecule has 0 spiro atoms. The number of hydrogen-bond donors (Lipinski definition) is 2. The Morgan fingerprint density at radius 1 is 1.27 bits per heavy atom. The van der Waals surface area contributed by atoms with E-state index < -0.39 is 5.97 Å². The number of nitrogens with zero attached hydrogens (tertiary/aromatic N) is 2. The van der Waals surface area contributed by atoms with Crippen LogP contribution < -0.4 is 5.56 Å². The first-order valence-corrected chi connectivity index (χ1v) is 8.64. The van der Waals surface area contributed by atoms with Gasteiger partial charge in [-0.15, -0.1) is 11.3 Å². The second kappa shape index (κ2) is 6.20. The third-order valence-corrected chi connectivity index (χ3v) is 5.23. The number of fused-ring (bicyclic) bond motifs is 2. The van der Waals surface area contributed by atoms with Crippen LogP contribution in [0.1, 0.15) is 26.6 Å². The molecule has 0 atom stereocenters. The molecule has 0 bridgehead atoms. The molecule has 0 unspecified atom stereocenters. The van der Waals surface area contributed by atoms with Crippen molar-refractivity contribution in [2.24, 2.45) is 0 Å². The van der Waals surface area contributed by atoms with Gasteiger partial charge in [0.1, 0.15) is 15.5 Å². The van der Waals surface area contributed by atoms with Crippen LogP contribution in [0.15, 0.2) is 41.3 Å². The van der Waals surface area contributed by atoms with E-state index in [4.69, 9.17) is 0 Å². The molecule has 0 radical (unpaired) electrons. The third-order valence-electron chi connectivity index (χ3n) is 4.06. The van der Waals surface area contributed by atoms with Crippen molar-refractivity contribution in [1.82, 2.24) is 15.0 Å². The van der Waals surface area contributed by atoms with Crippen LogP contribution >= 0.6 is 11.3 Å². The number of pyridine rings is 1. The predicted molar refractivity (Wildman–Crippen MR) is 103 cm³/mol. The summed E-state index contributed by atoms with van der Waals surface area (Å²) in [6.07, 6.45) is 5.23. The summed E-state index contributed by atoms with van der Waals surface area (Å²) in [7, 11) is 0. The lowest BCUT2D eigenvalue weighted by molar-refractivity contribution is 0.0701. The number of aryl methyl sites for hydroxylation is 1. The lowest BCUT2D eigenvalue weighted by Crippen LogP contribution is -2.09. The molecule has 1 aromatic carbocycles. The molecule has 26 heavy (non-hydrogen) atoms. The van der Waals surface area contributed by atoms with Crippen molar-refractivity contribution in [3.05, 3.63) is 68.7 Å². The van der Waals surface area contributed by atoms with Crippen LogP contribution in [-0.2, 0) is 0 Å². The second-order valence-electron chi connectivity index (χ2n) is 5.79. The maximum absolute atomic E-state index is 12.3. The summed E-state index contributed by atoms with van der Waals surface area (Å²) in [4.78, 5) is 35.6. The lowest BCUT2D eigenvalue weighted by Gasteiger charge is -1.99. The van der Waals surface area contributed by atoms with Gasteiger partial charge < -0.3 is 10.1 Å². The number of carboxylic acids is 1. The molecule has 0 aliphatic heterocycles. The highest BCUT2D eigenvalue weighted by atomic mass is 32.1. The molecule has 0 saturated heterocycles. The second-order valence-corrected chi connectivity index (χ2v) is 6.79. The van der Waals surface area contributed by atoms with Gasteiger partial charge in [0, 0.05) is 11.6 Å². The Kier molecular flexibility index (Phi) is 3.85. The van der Waals surface area contributed by atoms with Crippen LogP contribution in [0, 0.1) is 6.92 Å². The van der Waals surface area contributed by atoms with Crippen LogP contribution in [0.4, 0.5) is 0 Å². The Morgan fingerprint density at radius 3 is 2.88 bits per heavy atom. The fourth-order valence-corrected chi connectivity index (χ4v) is 3.83. The number of nitrogens with one attached hydrogen (secondary N) is 1. The van der Waals surface area contributed by atoms with E-state index in [2.05, 4.69) is 15.0 Å². The molecule has 7 heteroatoms. The van der Waals surface area contributed by atoms with E-state index in [1.807, 2.05) is 36.4 Å². The summed E-state index contributed by atoms with van der Waals surface area (Å²) < 4.78 is 0. The van der Waals surface area contributed by atoms with Gasteiger partial charge in [0.05, 0.1) is 10.9 Å². The van der Waals surface area contributed by atoms with E-state index >= 15 is 0 Å². The normalized spacial score (nSPS) is 11.6. The first kappa shape index (κ1) is 16.2. The number of aromatic carboxylic acids is 1. The van der Waals surface area contributed by atoms with Crippen LogP contribution in [0.3, 0.4) is 0 Å². The van der Waals surface area contributed by atoms with Gasteiger partial charge in [-0.25, -0.2) is 9.78 Å². The van der Waals surface area contributed by atoms with Gasteiger partial charge in [-0.1, -0.05) is 18.2 Å². The maximum atomic E-state index is 12.3. The number of hydrogen-bond acceptors (Lipinski definition) is 5. The fourth-order valence-electron chi connectivity index (χ4n) is 2.80. The zero-order chi connectivity index (χ0) is 18.3. The van der Waals surface area contributed by atoms with E-state index in [1.54, 1.807) is 19.2 Å². The standard InChI is InChI=1S/C19H13N3O3S/c1-10-15-17(23)21-14(22-18(15)26-16(10)19(24)25)7-6-11-8-12-4-2-3-5-13(12)20-9-11/h2-9H,1H3,(H,24,25)(H,21,22,23)/b7-6+. The van der Waals surface area contributed by atoms with Crippen molar-refractivity contribution in [3.8, 4) is 0 Å². The average Bonchev–Trinajstić information content (AvgIpc) is 2.97. The maximum Gasteiger partial charge on any atom is 0.346 e. The summed E-state index contributed by atoms with van der Waals surface area (Å²) in [5.41, 5.74) is 1.89. The van der Waals surface area contributed by atoms with E-state index in [0.717, 1.165) is 27.8 Å². The van der Waals surface area contributed by atoms with Gasteiger partial charge in [0.15, 0.2) is 0 Å². The van der Waals surface area contributed by atoms with Gasteiger partial charge in [0.2, 0.25) is 0 Å². The molecule has 0 aliphatic rings. The molecule has 4 aromatic rings. The number of H-pyrrole nitrogens is 1. The van der Waals surface area contributed by atoms with E-state index in [9.17, 15) is 14.7 Å². The Bertz CT molecular complexity index is 1250. The Hall–Kier alpha value is -3.32. The molecule has 6 nitrogen and oxygen atoms in total. The minimum Gasteiger partial charge on any atom is -0.477 e. The van der Waals surface area contributed by atoms with Crippen LogP contribution in [0.25, 0.3) is 33.3 Å². The SMILES string of the molecule is Cc1c(C(=O)O)sc2nc(/C=C/c3cnc4ccccc4c3)[nH]c(=O)c12. The summed E-state index contributed by atoms with van der Waals surface area (Å²) in [5.74, 6) is -0.682. The number of aromatic amines is 1. The van der Waals surface area contributed by atoms with E-state index in [-0.39, 0.29) is 10.4 Å². The highest BCUT2D eigenvalue weighted by molar-refractivity contribution is 7.20. The average molecular weight is 363 g/mol. The molecule has 0 fully saturated rings. The Balaban J connectivity index is 1.75. The van der Waals surface area contributed by atoms with Gasteiger partial charge in [-0.05, 0) is 42.3 Å². The summed E-state index contributed by atoms with van der Waals surface area (Å²) in [6, 6.07) is 9.79. The Labute approximate surface area is 151 Å². The van der Waals surface area contributed by atoms with Crippen molar-refractivity contribution >= 4 is 50.6 Å². The smallest absolute Gasteiger partial charge is 0.346 e. The first-order valence-electron chi connectivity index (χ1n) is 7.82. The van der Waals surface area contributed by atoms with Crippen LogP contribution in [0.5, 0.6) is 0 Å². The summed E-state index contributed by atoms with van der Waals surface area (Å²) >= 11 is 1.01. The highest BCUT2D eigenvalue weighted by Crippen LogP contribution is 2.27. The minimum atomic E-state index is -1.05. The number of rotatable bonds is 3. The van der Waals surface area contributed by atoms with Gasteiger partial charge in [-0.3, -0.25) is 9.78 Å². The van der Waals surface area contributed by atoms with Crippen LogP contribution in [0.2, 0.25) is 0 Å². The van der Waals surface area contributed by atoms with E-state index in [1.165, 1.54) is 0 Å². The van der Waals surface area contributed by atoms with Crippen molar-refractivity contribution in [3.63, 3.8) is 0 Å². The topological polar surface area (TPSA) is 95.9 Å². The molecule has 3 aromatic heterocycles. The number of aromatic nitrogens is 3. The van der Waals surface area contributed by atoms with Crippen molar-refractivity contribution in [1.29, 1.82) is 0 Å². The molecule has 0 amide bonds. The van der Waals surface area contributed by atoms with Crippen LogP contribution in [-0.4, -0.2) is 26.0 Å². The third kappa shape index (κ3) is 2.78. The number of thiophene rings is 1. The lowest BCUT2D eigenvalue weighted by atomic mass is 10.1. The predicted octanol–water partition coefficient (Wildman–Crippen LogP) is 3.71. The number of carbonyl (C=O) groups is 1. The molecule has 0 aliphatic carbocycles. The van der Waals surface area contributed by atoms with Gasteiger partial charge >= 0.3 is 5.97 Å². The van der Waals surface area contributed by atoms with Gasteiger partial charge in [0.25, 0.3) is 5.56 Å². The molecule has 128 valence electrons. The van der Waals surface area contributed by atoms with Crippen molar-refractivity contribution < 1.29 is 9.90 Å². The molecule has 2 N–H and O–H groups in total. The van der Waals surface area contributed by atoms with E-state index in [0.29, 0.717) is 21.6 Å². The number of benzene rings is 1. The fraction of sp³-hybridized carbons (Fsp3) is 0.0526. The number of carboxylic acid groups (broad SMARTS) is 1. The number of para-hydroxylation sites is 1.